The molecule has 2 unspecified atom stereocenters. The first-order valence-corrected chi connectivity index (χ1v) is 7.19. The molecule has 1 N–H and O–H groups in total. The Morgan fingerprint density at radius 2 is 2.10 bits per heavy atom. The van der Waals surface area contributed by atoms with Gasteiger partial charge in [0.1, 0.15) is 11.8 Å². The highest BCUT2D eigenvalue weighted by Crippen LogP contribution is 2.23. The Kier molecular flexibility index (Phi) is 4.83. The molecule has 1 aliphatic rings. The second-order valence-corrected chi connectivity index (χ2v) is 5.62. The lowest BCUT2D eigenvalue weighted by atomic mass is 9.92. The molecule has 1 heterocycles. The highest BCUT2D eigenvalue weighted by atomic mass is 16.5. The number of carbonyl (C=O) groups excluding carboxylic acids is 1. The number of carboxylic acid groups (broad SMARTS) is 1. The van der Waals surface area contributed by atoms with Crippen LogP contribution in [0.1, 0.15) is 25.3 Å². The fourth-order valence-electron chi connectivity index (χ4n) is 2.61. The Labute approximate surface area is 124 Å². The van der Waals surface area contributed by atoms with E-state index < -0.39 is 12.0 Å². The van der Waals surface area contributed by atoms with Crippen LogP contribution in [0.25, 0.3) is 0 Å². The second-order valence-electron chi connectivity index (χ2n) is 5.62. The maximum atomic E-state index is 12.2. The number of para-hydroxylation sites is 1. The van der Waals surface area contributed by atoms with E-state index >= 15 is 0 Å². The molecule has 0 aromatic heterocycles. The van der Waals surface area contributed by atoms with E-state index in [1.165, 1.54) is 4.90 Å². The summed E-state index contributed by atoms with van der Waals surface area (Å²) in [6, 6.07) is 6.71. The highest BCUT2D eigenvalue weighted by molar-refractivity contribution is 5.84. The van der Waals surface area contributed by atoms with Gasteiger partial charge in [-0.25, -0.2) is 4.79 Å². The van der Waals surface area contributed by atoms with Crippen LogP contribution in [-0.2, 0) is 9.59 Å². The number of rotatable bonds is 4. The summed E-state index contributed by atoms with van der Waals surface area (Å²) in [5.74, 6) is -0.223. The maximum Gasteiger partial charge on any atom is 0.326 e. The van der Waals surface area contributed by atoms with Crippen LogP contribution in [0.3, 0.4) is 0 Å². The Bertz CT molecular complexity index is 529. The molecule has 1 amide bonds. The molecule has 0 radical (unpaired) electrons. The van der Waals surface area contributed by atoms with E-state index in [0.29, 0.717) is 24.6 Å². The van der Waals surface area contributed by atoms with Crippen molar-refractivity contribution in [3.8, 4) is 5.75 Å². The zero-order chi connectivity index (χ0) is 15.4. The molecule has 0 bridgehead atoms. The normalized spacial score (nSPS) is 21.9. The molecule has 2 atom stereocenters. The predicted octanol–water partition coefficient (Wildman–Crippen LogP) is 2.09. The van der Waals surface area contributed by atoms with Crippen molar-refractivity contribution in [3.63, 3.8) is 0 Å². The second kappa shape index (κ2) is 6.61. The molecule has 1 aliphatic heterocycles. The van der Waals surface area contributed by atoms with Crippen molar-refractivity contribution >= 4 is 11.9 Å². The molecule has 0 spiro atoms. The number of hydrogen-bond acceptors (Lipinski definition) is 3. The zero-order valence-electron chi connectivity index (χ0n) is 12.4. The number of likely N-dealkylation sites (tertiary alicyclic amines) is 1. The summed E-state index contributed by atoms with van der Waals surface area (Å²) >= 11 is 0. The summed E-state index contributed by atoms with van der Waals surface area (Å²) in [6.45, 7) is 4.28. The number of nitrogens with zero attached hydrogens (tertiary/aromatic N) is 1. The number of amides is 1. The van der Waals surface area contributed by atoms with Gasteiger partial charge in [0.2, 0.25) is 0 Å². The fourth-order valence-corrected chi connectivity index (χ4v) is 2.61. The lowest BCUT2D eigenvalue weighted by Gasteiger charge is -2.35. The molecule has 5 nitrogen and oxygen atoms in total. The monoisotopic (exact) mass is 291 g/mol. The molecular formula is C16H21NO4. The molecular weight excluding hydrogens is 270 g/mol. The van der Waals surface area contributed by atoms with Crippen molar-refractivity contribution in [2.45, 2.75) is 32.7 Å². The Hall–Kier alpha value is -2.04. The highest BCUT2D eigenvalue weighted by Gasteiger charge is 2.34. The average molecular weight is 291 g/mol. The van der Waals surface area contributed by atoms with Crippen molar-refractivity contribution in [3.05, 3.63) is 29.8 Å². The number of hydrogen-bond donors (Lipinski definition) is 1. The molecule has 114 valence electrons. The van der Waals surface area contributed by atoms with Gasteiger partial charge in [-0.2, -0.15) is 0 Å². The number of aliphatic carboxylic acids is 1. The summed E-state index contributed by atoms with van der Waals surface area (Å²) in [5, 5.41) is 9.27. The Morgan fingerprint density at radius 1 is 1.38 bits per heavy atom. The quantitative estimate of drug-likeness (QED) is 0.922. The van der Waals surface area contributed by atoms with E-state index in [4.69, 9.17) is 4.74 Å². The number of carbonyl (C=O) groups is 2. The third-order valence-electron chi connectivity index (χ3n) is 3.91. The van der Waals surface area contributed by atoms with Gasteiger partial charge < -0.3 is 14.7 Å². The van der Waals surface area contributed by atoms with Crippen molar-refractivity contribution in [2.75, 3.05) is 13.2 Å². The van der Waals surface area contributed by atoms with E-state index in [1.807, 2.05) is 32.0 Å². The van der Waals surface area contributed by atoms with Crippen molar-refractivity contribution < 1.29 is 19.4 Å². The average Bonchev–Trinajstić information content (AvgIpc) is 2.46. The zero-order valence-corrected chi connectivity index (χ0v) is 12.4. The summed E-state index contributed by atoms with van der Waals surface area (Å²) in [6.07, 6.45) is 1.34. The number of benzene rings is 1. The van der Waals surface area contributed by atoms with Crippen LogP contribution in [0.15, 0.2) is 24.3 Å². The lowest BCUT2D eigenvalue weighted by molar-refractivity contribution is -0.153. The van der Waals surface area contributed by atoms with Gasteiger partial charge in [0.15, 0.2) is 6.61 Å². The first-order chi connectivity index (χ1) is 9.99. The first-order valence-electron chi connectivity index (χ1n) is 7.19. The van der Waals surface area contributed by atoms with Gasteiger partial charge in [-0.05, 0) is 37.3 Å². The molecule has 5 heteroatoms. The van der Waals surface area contributed by atoms with Crippen LogP contribution >= 0.6 is 0 Å². The van der Waals surface area contributed by atoms with E-state index in [0.717, 1.165) is 12.0 Å². The number of aryl methyl sites for hydroxylation is 1. The molecule has 0 saturated carbocycles. The van der Waals surface area contributed by atoms with Gasteiger partial charge >= 0.3 is 5.97 Å². The van der Waals surface area contributed by atoms with Crippen LogP contribution < -0.4 is 4.74 Å². The van der Waals surface area contributed by atoms with Crippen LogP contribution in [-0.4, -0.2) is 41.1 Å². The minimum absolute atomic E-state index is 0.122. The minimum atomic E-state index is -0.939. The fraction of sp³-hybridized carbons (Fsp3) is 0.500. The maximum absolute atomic E-state index is 12.2. The Morgan fingerprint density at radius 3 is 2.76 bits per heavy atom. The molecule has 1 saturated heterocycles. The predicted molar refractivity (Wildman–Crippen MR) is 78.2 cm³/mol. The smallest absolute Gasteiger partial charge is 0.326 e. The molecule has 1 fully saturated rings. The van der Waals surface area contributed by atoms with Crippen molar-refractivity contribution in [2.24, 2.45) is 5.92 Å². The van der Waals surface area contributed by atoms with Crippen LogP contribution in [0, 0.1) is 12.8 Å². The summed E-state index contributed by atoms with van der Waals surface area (Å²) in [4.78, 5) is 25.0. The van der Waals surface area contributed by atoms with Gasteiger partial charge in [0, 0.05) is 6.54 Å². The third kappa shape index (κ3) is 3.74. The number of carboxylic acids is 1. The van der Waals surface area contributed by atoms with Crippen molar-refractivity contribution in [1.82, 2.24) is 4.90 Å². The van der Waals surface area contributed by atoms with Gasteiger partial charge in [-0.1, -0.05) is 25.1 Å². The van der Waals surface area contributed by atoms with E-state index in [2.05, 4.69) is 0 Å². The Balaban J connectivity index is 1.99. The van der Waals surface area contributed by atoms with Gasteiger partial charge in [0.05, 0.1) is 0 Å². The summed E-state index contributed by atoms with van der Waals surface area (Å²) < 4.78 is 5.52. The van der Waals surface area contributed by atoms with Crippen LogP contribution in [0.2, 0.25) is 0 Å². The van der Waals surface area contributed by atoms with Crippen molar-refractivity contribution in [1.29, 1.82) is 0 Å². The number of piperidine rings is 1. The summed E-state index contributed by atoms with van der Waals surface area (Å²) in [5.41, 5.74) is 0.951. The van der Waals surface area contributed by atoms with Gasteiger partial charge in [0.25, 0.3) is 5.91 Å². The van der Waals surface area contributed by atoms with Crippen LogP contribution in [0.4, 0.5) is 0 Å². The largest absolute Gasteiger partial charge is 0.484 e. The molecule has 1 aromatic carbocycles. The third-order valence-corrected chi connectivity index (χ3v) is 3.91. The summed E-state index contributed by atoms with van der Waals surface area (Å²) in [7, 11) is 0. The topological polar surface area (TPSA) is 66.8 Å². The molecule has 1 aromatic rings. The molecule has 21 heavy (non-hydrogen) atoms. The van der Waals surface area contributed by atoms with E-state index in [-0.39, 0.29) is 12.5 Å². The molecule has 2 rings (SSSR count). The van der Waals surface area contributed by atoms with E-state index in [1.54, 1.807) is 6.07 Å². The SMILES string of the molecule is Cc1ccccc1OCC(=O)N1CCC(C)CC1C(=O)O. The van der Waals surface area contributed by atoms with E-state index in [9.17, 15) is 14.7 Å². The first kappa shape index (κ1) is 15.4. The van der Waals surface area contributed by atoms with Gasteiger partial charge in [-0.3, -0.25) is 4.79 Å². The lowest BCUT2D eigenvalue weighted by Crippen LogP contribution is -2.51. The number of ether oxygens (including phenoxy) is 1. The molecule has 0 aliphatic carbocycles. The van der Waals surface area contributed by atoms with Crippen LogP contribution in [0.5, 0.6) is 5.75 Å². The van der Waals surface area contributed by atoms with Gasteiger partial charge in [-0.15, -0.1) is 0 Å². The minimum Gasteiger partial charge on any atom is -0.484 e. The standard InChI is InChI=1S/C16H21NO4/c1-11-7-8-17(13(9-11)16(19)20)15(18)10-21-14-6-4-3-5-12(14)2/h3-6,11,13H,7-10H2,1-2H3,(H,19,20).